The fraction of sp³-hybridized carbons (Fsp3) is 0.455. The van der Waals surface area contributed by atoms with Crippen LogP contribution in [-0.4, -0.2) is 41.1 Å². The summed E-state index contributed by atoms with van der Waals surface area (Å²) in [6.07, 6.45) is 1.73. The van der Waals surface area contributed by atoms with Crippen LogP contribution in [0.15, 0.2) is 23.1 Å². The molecule has 0 saturated heterocycles. The number of nitrogens with zero attached hydrogens (tertiary/aromatic N) is 3. The molecule has 0 aliphatic rings. The first-order chi connectivity index (χ1) is 8.72. The van der Waals surface area contributed by atoms with E-state index in [2.05, 4.69) is 27.7 Å². The number of pyridine rings is 1. The minimum Gasteiger partial charge on any atom is -0.382 e. The Morgan fingerprint density at radius 1 is 1.39 bits per heavy atom. The smallest absolute Gasteiger partial charge is 0.350 e. The van der Waals surface area contributed by atoms with Crippen LogP contribution in [0.5, 0.6) is 0 Å². The molecule has 2 aromatic heterocycles. The Kier molecular flexibility index (Phi) is 4.72. The third-order valence-corrected chi connectivity index (χ3v) is 3.10. The second-order valence-electron chi connectivity index (χ2n) is 3.68. The minimum absolute atomic E-state index is 0.142. The standard InChI is InChI=1S/C11H14IN3O3/c1-17-6-7-18-5-4-15-11(16)14-3-2-9(12)8-10(14)13-15/h2-3,8H,4-7H2,1H3. The first-order valence-electron chi connectivity index (χ1n) is 5.54. The Bertz CT molecular complexity index is 578. The lowest BCUT2D eigenvalue weighted by Crippen LogP contribution is -2.23. The second-order valence-corrected chi connectivity index (χ2v) is 4.93. The maximum absolute atomic E-state index is 11.9. The molecule has 0 N–H and O–H groups in total. The fourth-order valence-corrected chi connectivity index (χ4v) is 1.97. The number of methoxy groups -OCH3 is 1. The van der Waals surface area contributed by atoms with Crippen LogP contribution in [-0.2, 0) is 16.0 Å². The van der Waals surface area contributed by atoms with E-state index in [4.69, 9.17) is 9.47 Å². The average Bonchev–Trinajstić information content (AvgIpc) is 2.65. The van der Waals surface area contributed by atoms with Crippen molar-refractivity contribution < 1.29 is 9.47 Å². The van der Waals surface area contributed by atoms with Crippen molar-refractivity contribution in [3.63, 3.8) is 0 Å². The highest BCUT2D eigenvalue weighted by molar-refractivity contribution is 14.1. The molecule has 2 aromatic rings. The molecule has 7 heteroatoms. The van der Waals surface area contributed by atoms with Crippen molar-refractivity contribution in [2.75, 3.05) is 26.9 Å². The third-order valence-electron chi connectivity index (χ3n) is 2.43. The molecule has 0 atom stereocenters. The Balaban J connectivity index is 2.05. The molecule has 0 amide bonds. The number of halogens is 1. The molecule has 0 aliphatic heterocycles. The monoisotopic (exact) mass is 363 g/mol. The number of aromatic nitrogens is 3. The molecular formula is C11H14IN3O3. The molecule has 0 aliphatic carbocycles. The summed E-state index contributed by atoms with van der Waals surface area (Å²) in [6, 6.07) is 3.74. The van der Waals surface area contributed by atoms with Crippen LogP contribution in [0.2, 0.25) is 0 Å². The maximum Gasteiger partial charge on any atom is 0.350 e. The summed E-state index contributed by atoms with van der Waals surface area (Å²) in [4.78, 5) is 11.9. The Labute approximate surface area is 118 Å². The van der Waals surface area contributed by atoms with Crippen molar-refractivity contribution in [3.8, 4) is 0 Å². The van der Waals surface area contributed by atoms with Crippen LogP contribution < -0.4 is 5.69 Å². The Hall–Kier alpha value is -0.930. The van der Waals surface area contributed by atoms with Gasteiger partial charge in [-0.3, -0.25) is 4.40 Å². The zero-order chi connectivity index (χ0) is 13.0. The van der Waals surface area contributed by atoms with E-state index in [1.165, 1.54) is 9.08 Å². The van der Waals surface area contributed by atoms with Crippen LogP contribution in [0, 0.1) is 3.57 Å². The first-order valence-corrected chi connectivity index (χ1v) is 6.61. The highest BCUT2D eigenvalue weighted by atomic mass is 127. The molecule has 0 saturated carbocycles. The quantitative estimate of drug-likeness (QED) is 0.562. The molecule has 0 aromatic carbocycles. The van der Waals surface area contributed by atoms with E-state index < -0.39 is 0 Å². The number of ether oxygens (including phenoxy) is 2. The van der Waals surface area contributed by atoms with Gasteiger partial charge >= 0.3 is 5.69 Å². The van der Waals surface area contributed by atoms with E-state index >= 15 is 0 Å². The highest BCUT2D eigenvalue weighted by Gasteiger charge is 2.06. The van der Waals surface area contributed by atoms with E-state index in [9.17, 15) is 4.79 Å². The summed E-state index contributed by atoms with van der Waals surface area (Å²) in [5.41, 5.74) is 0.514. The largest absolute Gasteiger partial charge is 0.382 e. The minimum atomic E-state index is -0.142. The zero-order valence-electron chi connectivity index (χ0n) is 10.0. The average molecular weight is 363 g/mol. The molecule has 0 spiro atoms. The molecule has 6 nitrogen and oxygen atoms in total. The molecule has 0 unspecified atom stereocenters. The predicted octanol–water partition coefficient (Wildman–Crippen LogP) is 0.764. The van der Waals surface area contributed by atoms with Crippen molar-refractivity contribution in [1.82, 2.24) is 14.2 Å². The number of hydrogen-bond acceptors (Lipinski definition) is 4. The first kappa shape index (κ1) is 13.5. The highest BCUT2D eigenvalue weighted by Crippen LogP contribution is 2.05. The molecule has 18 heavy (non-hydrogen) atoms. The van der Waals surface area contributed by atoms with Crippen LogP contribution >= 0.6 is 22.6 Å². The van der Waals surface area contributed by atoms with Gasteiger partial charge in [-0.25, -0.2) is 9.48 Å². The van der Waals surface area contributed by atoms with Crippen LogP contribution in [0.4, 0.5) is 0 Å². The topological polar surface area (TPSA) is 57.8 Å². The van der Waals surface area contributed by atoms with E-state index in [1.54, 1.807) is 13.3 Å². The van der Waals surface area contributed by atoms with E-state index in [0.717, 1.165) is 3.57 Å². The maximum atomic E-state index is 11.9. The van der Waals surface area contributed by atoms with Crippen LogP contribution in [0.25, 0.3) is 5.65 Å². The normalized spacial score (nSPS) is 11.2. The van der Waals surface area contributed by atoms with Crippen LogP contribution in [0.3, 0.4) is 0 Å². The predicted molar refractivity (Wildman–Crippen MR) is 74.9 cm³/mol. The lowest BCUT2D eigenvalue weighted by molar-refractivity contribution is 0.0650. The van der Waals surface area contributed by atoms with E-state index in [1.807, 2.05) is 12.1 Å². The Morgan fingerprint density at radius 2 is 2.22 bits per heavy atom. The Morgan fingerprint density at radius 3 is 3.00 bits per heavy atom. The SMILES string of the molecule is COCCOCCn1nc2cc(I)ccn2c1=O. The van der Waals surface area contributed by atoms with Crippen molar-refractivity contribution in [2.45, 2.75) is 6.54 Å². The summed E-state index contributed by atoms with van der Waals surface area (Å²) >= 11 is 2.19. The van der Waals surface area contributed by atoms with E-state index in [0.29, 0.717) is 32.0 Å². The fourth-order valence-electron chi connectivity index (χ4n) is 1.53. The molecular weight excluding hydrogens is 349 g/mol. The van der Waals surface area contributed by atoms with Crippen molar-refractivity contribution in [2.24, 2.45) is 0 Å². The molecule has 2 heterocycles. The van der Waals surface area contributed by atoms with Crippen LogP contribution in [0.1, 0.15) is 0 Å². The number of hydrogen-bond donors (Lipinski definition) is 0. The van der Waals surface area contributed by atoms with Gasteiger partial charge in [-0.05, 0) is 34.7 Å². The van der Waals surface area contributed by atoms with Gasteiger partial charge in [0.25, 0.3) is 0 Å². The van der Waals surface area contributed by atoms with Gasteiger partial charge < -0.3 is 9.47 Å². The van der Waals surface area contributed by atoms with Gasteiger partial charge in [0, 0.05) is 16.9 Å². The van der Waals surface area contributed by atoms with Gasteiger partial charge in [-0.15, -0.1) is 5.10 Å². The summed E-state index contributed by atoms with van der Waals surface area (Å²) < 4.78 is 14.2. The summed E-state index contributed by atoms with van der Waals surface area (Å²) in [7, 11) is 1.62. The second kappa shape index (κ2) is 6.30. The number of rotatable bonds is 6. The summed E-state index contributed by atoms with van der Waals surface area (Å²) in [5.74, 6) is 0. The molecule has 98 valence electrons. The summed E-state index contributed by atoms with van der Waals surface area (Å²) in [6.45, 7) is 1.97. The van der Waals surface area contributed by atoms with E-state index in [-0.39, 0.29) is 5.69 Å². The van der Waals surface area contributed by atoms with Gasteiger partial charge in [0.15, 0.2) is 5.65 Å². The van der Waals surface area contributed by atoms with Crippen molar-refractivity contribution in [1.29, 1.82) is 0 Å². The zero-order valence-corrected chi connectivity index (χ0v) is 12.2. The molecule has 2 rings (SSSR count). The lowest BCUT2D eigenvalue weighted by atomic mass is 10.5. The van der Waals surface area contributed by atoms with Crippen molar-refractivity contribution in [3.05, 3.63) is 32.4 Å². The molecule has 0 radical (unpaired) electrons. The third kappa shape index (κ3) is 3.09. The van der Waals surface area contributed by atoms with Gasteiger partial charge in [0.2, 0.25) is 0 Å². The lowest BCUT2D eigenvalue weighted by Gasteiger charge is -2.02. The van der Waals surface area contributed by atoms with Gasteiger partial charge in [0.1, 0.15) is 0 Å². The van der Waals surface area contributed by atoms with Gasteiger partial charge in [0.05, 0.1) is 26.4 Å². The number of fused-ring (bicyclic) bond motifs is 1. The van der Waals surface area contributed by atoms with Gasteiger partial charge in [-0.1, -0.05) is 0 Å². The molecule has 0 bridgehead atoms. The van der Waals surface area contributed by atoms with Gasteiger partial charge in [-0.2, -0.15) is 0 Å². The van der Waals surface area contributed by atoms with Crippen molar-refractivity contribution >= 4 is 28.2 Å². The molecule has 0 fully saturated rings. The summed E-state index contributed by atoms with van der Waals surface area (Å²) in [5, 5.41) is 4.24.